The van der Waals surface area contributed by atoms with Crippen molar-refractivity contribution in [3.8, 4) is 5.88 Å². The van der Waals surface area contributed by atoms with Gasteiger partial charge in [-0.25, -0.2) is 0 Å². The molecule has 2 aromatic carbocycles. The topological polar surface area (TPSA) is 117 Å². The minimum atomic E-state index is -2.82. The van der Waals surface area contributed by atoms with Crippen LogP contribution in [0.4, 0.5) is 5.69 Å². The number of aliphatic hydroxyl groups excluding tert-OH is 1. The van der Waals surface area contributed by atoms with E-state index in [1.807, 2.05) is 70.3 Å². The van der Waals surface area contributed by atoms with Gasteiger partial charge in [-0.15, -0.1) is 0 Å². The molecule has 274 valence electrons. The maximum atomic E-state index is 15.6. The third-order valence-corrected chi connectivity index (χ3v) is 16.0. The lowest BCUT2D eigenvalue weighted by molar-refractivity contribution is -0.140. The van der Waals surface area contributed by atoms with Crippen molar-refractivity contribution in [1.82, 2.24) is 15.4 Å². The lowest BCUT2D eigenvalue weighted by atomic mass is 9.57. The number of aromatic nitrogens is 1. The van der Waals surface area contributed by atoms with Gasteiger partial charge in [0.1, 0.15) is 17.9 Å². The number of carbonyl (C=O) groups excluding carboxylic acids is 2. The Bertz CT molecular complexity index is 1880. The number of benzene rings is 2. The minimum absolute atomic E-state index is 0.0455. The fourth-order valence-corrected chi connectivity index (χ4v) is 9.72. The van der Waals surface area contributed by atoms with Crippen LogP contribution < -0.4 is 15.0 Å². The summed E-state index contributed by atoms with van der Waals surface area (Å²) in [6.07, 6.45) is 0.974. The van der Waals surface area contributed by atoms with Crippen molar-refractivity contribution in [3.63, 3.8) is 0 Å². The fourth-order valence-electron chi connectivity index (χ4n) is 8.28. The number of hydrogen-bond acceptors (Lipinski definition) is 10. The van der Waals surface area contributed by atoms with E-state index < -0.39 is 37.4 Å². The van der Waals surface area contributed by atoms with E-state index in [0.29, 0.717) is 30.7 Å². The van der Waals surface area contributed by atoms with E-state index in [0.717, 1.165) is 34.5 Å². The molecule has 1 heterocycles. The number of hydrogen-bond donors (Lipinski definition) is 2. The van der Waals surface area contributed by atoms with E-state index >= 15 is 9.59 Å². The predicted molar refractivity (Wildman–Crippen MR) is 202 cm³/mol. The summed E-state index contributed by atoms with van der Waals surface area (Å²) in [4.78, 5) is 35.1. The largest absolute Gasteiger partial charge is 0.507 e. The molecule has 0 amide bonds. The molecule has 4 atom stereocenters. The summed E-state index contributed by atoms with van der Waals surface area (Å²) in [5.74, 6) is -1.54. The summed E-state index contributed by atoms with van der Waals surface area (Å²) >= 11 is 0. The van der Waals surface area contributed by atoms with Crippen molar-refractivity contribution in [3.05, 3.63) is 81.1 Å². The number of anilines is 1. The van der Waals surface area contributed by atoms with Gasteiger partial charge in [0.25, 0.3) is 5.88 Å². The average Bonchev–Trinajstić information content (AvgIpc) is 3.46. The smallest absolute Gasteiger partial charge is 0.265 e. The highest BCUT2D eigenvalue weighted by Gasteiger charge is 2.68. The first-order chi connectivity index (χ1) is 24.0. The molecule has 0 radical (unpaired) electrons. The predicted octanol–water partition coefficient (Wildman–Crippen LogP) is 7.03. The summed E-state index contributed by atoms with van der Waals surface area (Å²) in [6.45, 7) is 16.2. The highest BCUT2D eigenvalue weighted by Crippen LogP contribution is 2.59. The second kappa shape index (κ2) is 13.3. The molecule has 0 bridgehead atoms. The molecule has 2 N–H and O–H groups in total. The minimum Gasteiger partial charge on any atom is -0.507 e. The van der Waals surface area contributed by atoms with Crippen molar-refractivity contribution in [2.75, 3.05) is 39.6 Å². The van der Waals surface area contributed by atoms with Crippen LogP contribution >= 0.6 is 0 Å². The molecule has 0 unspecified atom stereocenters. The first-order valence-corrected chi connectivity index (χ1v) is 21.0. The molecule has 51 heavy (non-hydrogen) atoms. The van der Waals surface area contributed by atoms with E-state index in [1.54, 1.807) is 0 Å². The van der Waals surface area contributed by atoms with Gasteiger partial charge in [-0.05, 0) is 91.9 Å². The maximum absolute atomic E-state index is 15.6. The van der Waals surface area contributed by atoms with Crippen LogP contribution in [-0.2, 0) is 28.8 Å². The van der Waals surface area contributed by atoms with Crippen molar-refractivity contribution in [2.24, 2.45) is 11.8 Å². The molecule has 0 spiro atoms. The zero-order valence-corrected chi connectivity index (χ0v) is 33.1. The van der Waals surface area contributed by atoms with Crippen LogP contribution in [0.5, 0.6) is 5.88 Å². The third kappa shape index (κ3) is 5.95. The van der Waals surface area contributed by atoms with E-state index in [4.69, 9.17) is 13.7 Å². The third-order valence-electron chi connectivity index (χ3n) is 11.6. The molecule has 0 aliphatic heterocycles. The number of carbonyl (C=O) groups is 2. The molecular formula is C40H54N4O6Si. The Hall–Kier alpha value is -3.77. The fraction of sp³-hybridized carbons (Fsp3) is 0.525. The lowest BCUT2D eigenvalue weighted by Gasteiger charge is -2.55. The van der Waals surface area contributed by atoms with E-state index in [2.05, 4.69) is 62.2 Å². The van der Waals surface area contributed by atoms with Crippen LogP contribution in [-0.4, -0.2) is 75.4 Å². The van der Waals surface area contributed by atoms with Gasteiger partial charge in [-0.2, -0.15) is 0 Å². The van der Waals surface area contributed by atoms with Crippen LogP contribution in [0.1, 0.15) is 84.1 Å². The Kier molecular flexibility index (Phi) is 9.67. The Balaban J connectivity index is 1.58. The number of aryl methyl sites for hydroxylation is 1. The van der Waals surface area contributed by atoms with Gasteiger partial charge < -0.3 is 29.0 Å². The molecule has 3 aliphatic rings. The highest BCUT2D eigenvalue weighted by atomic mass is 28.4. The van der Waals surface area contributed by atoms with Crippen LogP contribution in [0.15, 0.2) is 46.5 Å². The normalized spacial score (nSPS) is 23.2. The standard InChI is InChI=1S/C40H54N4O6Si/c1-12-41-21-26-18-23(2)29-27(32(26)43(6)7)19-25-20-28-33(44(8)9)35-31(38(42-49-35)48-22-24-16-14-13-15-17-24)37(47)40(28,36(46)30(25)34(29)45)50-51(10,11)39(3,4)5/h13-18,25,28,33,41,45H,12,19-22H2,1-11H3/t25-,28-,33-,40-/m0/s1. The summed E-state index contributed by atoms with van der Waals surface area (Å²) in [5.41, 5.74) is 4.17. The van der Waals surface area contributed by atoms with Gasteiger partial charge >= 0.3 is 0 Å². The second-order valence-electron chi connectivity index (χ2n) is 16.4. The second-order valence-corrected chi connectivity index (χ2v) is 21.1. The van der Waals surface area contributed by atoms with Crippen molar-refractivity contribution < 1.29 is 28.4 Å². The molecule has 1 saturated carbocycles. The van der Waals surface area contributed by atoms with E-state index in [1.165, 1.54) is 0 Å². The average molecular weight is 715 g/mol. The van der Waals surface area contributed by atoms with Gasteiger partial charge in [-0.1, -0.05) is 64.1 Å². The molecule has 6 rings (SSSR count). The number of Topliss-reactive ketones (excluding diaryl/α,β-unsaturated/α-hetero) is 2. The molecule has 11 heteroatoms. The number of aliphatic hydroxyl groups is 1. The van der Waals surface area contributed by atoms with Gasteiger partial charge in [0, 0.05) is 43.4 Å². The Morgan fingerprint density at radius 3 is 2.37 bits per heavy atom. The maximum Gasteiger partial charge on any atom is 0.265 e. The molecule has 10 nitrogen and oxygen atoms in total. The van der Waals surface area contributed by atoms with Crippen LogP contribution in [0, 0.1) is 18.8 Å². The summed E-state index contributed by atoms with van der Waals surface area (Å²) in [5, 5.41) is 19.8. The van der Waals surface area contributed by atoms with Gasteiger partial charge in [-0.3, -0.25) is 14.5 Å². The Morgan fingerprint density at radius 1 is 1.08 bits per heavy atom. The number of nitrogens with one attached hydrogen (secondary N) is 1. The first kappa shape index (κ1) is 37.0. The number of nitrogens with zero attached hydrogens (tertiary/aromatic N) is 3. The van der Waals surface area contributed by atoms with Gasteiger partial charge in [0.2, 0.25) is 11.6 Å². The number of ether oxygens (including phenoxy) is 1. The SMILES string of the molecule is CCNCc1cc(C)c2c(c1N(C)C)C[C@H]1C[C@H]3[C@H](N(C)C)c4onc(OCc5ccccc5)c4C(=O)[C@@]3(O[Si](C)(C)C(C)(C)C)C(=O)C1=C2O. The Morgan fingerprint density at radius 2 is 1.76 bits per heavy atom. The summed E-state index contributed by atoms with van der Waals surface area (Å²) in [6, 6.07) is 11.2. The van der Waals surface area contributed by atoms with Crippen molar-refractivity contribution in [2.45, 2.75) is 90.4 Å². The molecule has 1 fully saturated rings. The summed E-state index contributed by atoms with van der Waals surface area (Å²) < 4.78 is 19.4. The Labute approximate surface area is 303 Å². The van der Waals surface area contributed by atoms with Crippen molar-refractivity contribution in [1.29, 1.82) is 0 Å². The zero-order valence-electron chi connectivity index (χ0n) is 32.1. The molecular weight excluding hydrogens is 661 g/mol. The van der Waals surface area contributed by atoms with Crippen molar-refractivity contribution >= 4 is 31.3 Å². The van der Waals surface area contributed by atoms with Crippen LogP contribution in [0.3, 0.4) is 0 Å². The number of rotatable bonds is 10. The molecule has 0 saturated heterocycles. The van der Waals surface area contributed by atoms with Crippen LogP contribution in [0.25, 0.3) is 5.76 Å². The number of fused-ring (bicyclic) bond motifs is 4. The van der Waals surface area contributed by atoms with E-state index in [9.17, 15) is 5.11 Å². The quantitative estimate of drug-likeness (QED) is 0.168. The molecule has 1 aromatic heterocycles. The molecule has 3 aliphatic carbocycles. The number of ketones is 2. The van der Waals surface area contributed by atoms with Crippen LogP contribution in [0.2, 0.25) is 18.1 Å². The monoisotopic (exact) mass is 714 g/mol. The van der Waals surface area contributed by atoms with E-state index in [-0.39, 0.29) is 40.3 Å². The summed E-state index contributed by atoms with van der Waals surface area (Å²) in [7, 11) is 5.07. The zero-order chi connectivity index (χ0) is 37.2. The first-order valence-electron chi connectivity index (χ1n) is 18.1. The highest BCUT2D eigenvalue weighted by molar-refractivity contribution is 6.74. The molecule has 3 aromatic rings. The van der Waals surface area contributed by atoms with Gasteiger partial charge in [0.05, 0.1) is 6.04 Å². The lowest BCUT2D eigenvalue weighted by Crippen LogP contribution is -2.68. The van der Waals surface area contributed by atoms with Gasteiger partial charge in [0.15, 0.2) is 19.7 Å².